The zero-order valence-corrected chi connectivity index (χ0v) is 11.7. The highest BCUT2D eigenvalue weighted by molar-refractivity contribution is 5.73. The molecule has 0 aromatic heterocycles. The van der Waals surface area contributed by atoms with Crippen LogP contribution in [0.3, 0.4) is 0 Å². The Labute approximate surface area is 117 Å². The van der Waals surface area contributed by atoms with Gasteiger partial charge in [-0.05, 0) is 57.8 Å². The van der Waals surface area contributed by atoms with E-state index < -0.39 is 12.1 Å². The van der Waals surface area contributed by atoms with Crippen LogP contribution in [0.15, 0.2) is 0 Å². The molecule has 0 spiro atoms. The molecule has 0 radical (unpaired) electrons. The average molecular weight is 296 g/mol. The van der Waals surface area contributed by atoms with E-state index in [0.717, 1.165) is 12.0 Å². The Hall–Kier alpha value is -0.820. The zero-order valence-electron chi connectivity index (χ0n) is 11.7. The third-order valence-electron chi connectivity index (χ3n) is 3.89. The Kier molecular flexibility index (Phi) is 6.75. The molecule has 0 aromatic rings. The monoisotopic (exact) mass is 296 g/mol. The fourth-order valence-corrected chi connectivity index (χ4v) is 2.57. The summed E-state index contributed by atoms with van der Waals surface area (Å²) in [6.45, 7) is 7.56. The van der Waals surface area contributed by atoms with Crippen molar-refractivity contribution in [3.63, 3.8) is 0 Å². The van der Waals surface area contributed by atoms with Gasteiger partial charge in [-0.25, -0.2) is 4.79 Å². The molecule has 0 bridgehead atoms. The Morgan fingerprint density at radius 1 is 1.15 bits per heavy atom. The highest BCUT2D eigenvalue weighted by Gasteiger charge is 2.38. The van der Waals surface area contributed by atoms with Crippen LogP contribution >= 0.6 is 0 Å². The van der Waals surface area contributed by atoms with Crippen molar-refractivity contribution in [2.45, 2.75) is 44.8 Å². The molecule has 2 rings (SSSR count). The Bertz CT molecular complexity index is 296. The van der Waals surface area contributed by atoms with E-state index in [-0.39, 0.29) is 0 Å². The minimum absolute atomic E-state index is 0.897. The number of rotatable bonds is 1. The number of nitrogens with zero attached hydrogens (tertiary/aromatic N) is 1. The lowest BCUT2D eigenvalue weighted by Gasteiger charge is -2.38. The van der Waals surface area contributed by atoms with Gasteiger partial charge in [0.15, 0.2) is 0 Å². The number of piperidine rings is 2. The third-order valence-corrected chi connectivity index (χ3v) is 3.89. The molecule has 0 saturated carbocycles. The molecule has 118 valence electrons. The maximum absolute atomic E-state index is 10.6. The van der Waals surface area contributed by atoms with E-state index in [1.54, 1.807) is 0 Å². The van der Waals surface area contributed by atoms with Crippen molar-refractivity contribution in [1.29, 1.82) is 0 Å². The summed E-state index contributed by atoms with van der Waals surface area (Å²) in [6, 6.07) is 0.897. The van der Waals surface area contributed by atoms with Gasteiger partial charge in [0.25, 0.3) is 0 Å². The molecule has 0 atom stereocenters. The lowest BCUT2D eigenvalue weighted by molar-refractivity contribution is -0.192. The van der Waals surface area contributed by atoms with Crippen molar-refractivity contribution in [2.24, 2.45) is 5.92 Å². The van der Waals surface area contributed by atoms with Gasteiger partial charge in [0.2, 0.25) is 0 Å². The number of alkyl halides is 3. The number of carbonyl (C=O) groups is 1. The van der Waals surface area contributed by atoms with Crippen molar-refractivity contribution < 1.29 is 23.1 Å². The molecule has 0 amide bonds. The van der Waals surface area contributed by atoms with Crippen LogP contribution in [0.4, 0.5) is 13.2 Å². The average Bonchev–Trinajstić information content (AvgIpc) is 2.40. The number of carboxylic acids is 1. The van der Waals surface area contributed by atoms with E-state index in [2.05, 4.69) is 17.1 Å². The van der Waals surface area contributed by atoms with Crippen LogP contribution in [0.25, 0.3) is 0 Å². The van der Waals surface area contributed by atoms with Gasteiger partial charge in [0, 0.05) is 6.04 Å². The maximum atomic E-state index is 10.6. The van der Waals surface area contributed by atoms with Gasteiger partial charge in [-0.2, -0.15) is 13.2 Å². The van der Waals surface area contributed by atoms with Crippen LogP contribution in [0.2, 0.25) is 0 Å². The van der Waals surface area contributed by atoms with E-state index in [4.69, 9.17) is 9.90 Å². The Balaban J connectivity index is 0.000000246. The molecule has 0 aliphatic carbocycles. The SMILES string of the molecule is CC1CCN(C2CCNCC2)CC1.O=C(O)C(F)(F)F. The summed E-state index contributed by atoms with van der Waals surface area (Å²) >= 11 is 0. The standard InChI is InChI=1S/C11H22N2.C2HF3O2/c1-10-4-8-13(9-5-10)11-2-6-12-7-3-11;3-2(4,5)1(6)7/h10-12H,2-9H2,1H3;(H,6,7). The second-order valence-electron chi connectivity index (χ2n) is 5.50. The van der Waals surface area contributed by atoms with Crippen molar-refractivity contribution >= 4 is 5.97 Å². The Morgan fingerprint density at radius 3 is 2.00 bits per heavy atom. The summed E-state index contributed by atoms with van der Waals surface area (Å²) in [5.41, 5.74) is 0. The smallest absolute Gasteiger partial charge is 0.475 e. The first kappa shape index (κ1) is 17.2. The molecule has 2 heterocycles. The molecule has 0 unspecified atom stereocenters. The molecule has 2 aliphatic heterocycles. The van der Waals surface area contributed by atoms with Crippen LogP contribution < -0.4 is 5.32 Å². The highest BCUT2D eigenvalue weighted by Crippen LogP contribution is 2.21. The normalized spacial score (nSPS) is 23.0. The number of aliphatic carboxylic acids is 1. The number of hydrogen-bond donors (Lipinski definition) is 2. The quantitative estimate of drug-likeness (QED) is 0.778. The summed E-state index contributed by atoms with van der Waals surface area (Å²) < 4.78 is 31.7. The topological polar surface area (TPSA) is 52.6 Å². The molecule has 7 heteroatoms. The number of hydrogen-bond acceptors (Lipinski definition) is 3. The summed E-state index contributed by atoms with van der Waals surface area (Å²) in [5.74, 6) is -1.79. The largest absolute Gasteiger partial charge is 0.490 e. The fraction of sp³-hybridized carbons (Fsp3) is 0.923. The van der Waals surface area contributed by atoms with Gasteiger partial charge in [-0.3, -0.25) is 0 Å². The number of likely N-dealkylation sites (tertiary alicyclic amines) is 1. The van der Waals surface area contributed by atoms with E-state index in [1.165, 1.54) is 51.9 Å². The van der Waals surface area contributed by atoms with E-state index in [1.807, 2.05) is 0 Å². The van der Waals surface area contributed by atoms with Crippen LogP contribution in [0.5, 0.6) is 0 Å². The molecule has 20 heavy (non-hydrogen) atoms. The lowest BCUT2D eigenvalue weighted by Crippen LogP contribution is -2.46. The predicted octanol–water partition coefficient (Wildman–Crippen LogP) is 2.10. The van der Waals surface area contributed by atoms with Crippen LogP contribution in [-0.4, -0.2) is 54.4 Å². The van der Waals surface area contributed by atoms with Gasteiger partial charge in [0.05, 0.1) is 0 Å². The summed E-state index contributed by atoms with van der Waals surface area (Å²) in [7, 11) is 0. The maximum Gasteiger partial charge on any atom is 0.490 e. The van der Waals surface area contributed by atoms with E-state index in [0.29, 0.717) is 0 Å². The molecular weight excluding hydrogens is 273 g/mol. The van der Waals surface area contributed by atoms with Gasteiger partial charge in [0.1, 0.15) is 0 Å². The minimum Gasteiger partial charge on any atom is -0.475 e. The predicted molar refractivity (Wildman–Crippen MR) is 69.6 cm³/mol. The zero-order chi connectivity index (χ0) is 15.2. The van der Waals surface area contributed by atoms with Crippen molar-refractivity contribution in [3.05, 3.63) is 0 Å². The van der Waals surface area contributed by atoms with Crippen molar-refractivity contribution in [2.75, 3.05) is 26.2 Å². The van der Waals surface area contributed by atoms with Gasteiger partial charge >= 0.3 is 12.1 Å². The van der Waals surface area contributed by atoms with E-state index >= 15 is 0 Å². The van der Waals surface area contributed by atoms with Crippen molar-refractivity contribution in [3.8, 4) is 0 Å². The number of halogens is 3. The first-order valence-electron chi connectivity index (χ1n) is 7.05. The van der Waals surface area contributed by atoms with Crippen LogP contribution in [0, 0.1) is 5.92 Å². The second-order valence-corrected chi connectivity index (χ2v) is 5.50. The highest BCUT2D eigenvalue weighted by atomic mass is 19.4. The van der Waals surface area contributed by atoms with E-state index in [9.17, 15) is 13.2 Å². The molecule has 2 saturated heterocycles. The number of nitrogens with one attached hydrogen (secondary N) is 1. The molecular formula is C13H23F3N2O2. The van der Waals surface area contributed by atoms with Crippen LogP contribution in [0.1, 0.15) is 32.6 Å². The third kappa shape index (κ3) is 6.09. The first-order valence-corrected chi connectivity index (χ1v) is 7.05. The van der Waals surface area contributed by atoms with Crippen LogP contribution in [-0.2, 0) is 4.79 Å². The fourth-order valence-electron chi connectivity index (χ4n) is 2.57. The minimum atomic E-state index is -5.08. The summed E-state index contributed by atoms with van der Waals surface area (Å²) in [6.07, 6.45) is 0.497. The lowest BCUT2D eigenvalue weighted by atomic mass is 9.95. The van der Waals surface area contributed by atoms with Gasteiger partial charge in [-0.15, -0.1) is 0 Å². The Morgan fingerprint density at radius 2 is 1.60 bits per heavy atom. The molecule has 2 N–H and O–H groups in total. The van der Waals surface area contributed by atoms with Gasteiger partial charge in [-0.1, -0.05) is 6.92 Å². The molecule has 2 fully saturated rings. The van der Waals surface area contributed by atoms with Crippen molar-refractivity contribution in [1.82, 2.24) is 10.2 Å². The molecule has 0 aromatic carbocycles. The van der Waals surface area contributed by atoms with Gasteiger partial charge < -0.3 is 15.3 Å². The summed E-state index contributed by atoms with van der Waals surface area (Å²) in [4.78, 5) is 11.6. The molecule has 4 nitrogen and oxygen atoms in total. The molecule has 2 aliphatic rings. The summed E-state index contributed by atoms with van der Waals surface area (Å²) in [5, 5.41) is 10.6. The second kappa shape index (κ2) is 7.83. The number of carboxylic acid groups (broad SMARTS) is 1. The first-order chi connectivity index (χ1) is 9.30.